The SMILES string of the molecule is NCCNC(=O)c1cc2n(c(=O)c1)CCS2. The van der Waals surface area contributed by atoms with Crippen molar-refractivity contribution in [1.29, 1.82) is 0 Å². The fourth-order valence-electron chi connectivity index (χ4n) is 1.57. The van der Waals surface area contributed by atoms with Crippen LogP contribution >= 0.6 is 11.8 Å². The van der Waals surface area contributed by atoms with Crippen molar-refractivity contribution in [3.05, 3.63) is 28.0 Å². The van der Waals surface area contributed by atoms with Gasteiger partial charge in [-0.15, -0.1) is 11.8 Å². The Morgan fingerprint density at radius 2 is 2.38 bits per heavy atom. The molecule has 0 saturated carbocycles. The van der Waals surface area contributed by atoms with Crippen LogP contribution in [0.15, 0.2) is 22.0 Å². The molecule has 0 bridgehead atoms. The van der Waals surface area contributed by atoms with Crippen LogP contribution in [0.25, 0.3) is 0 Å². The van der Waals surface area contributed by atoms with Gasteiger partial charge in [-0.2, -0.15) is 0 Å². The number of rotatable bonds is 3. The predicted molar refractivity (Wildman–Crippen MR) is 62.8 cm³/mol. The third-order valence-electron chi connectivity index (χ3n) is 2.35. The first-order chi connectivity index (χ1) is 7.72. The molecule has 0 unspecified atom stereocenters. The lowest BCUT2D eigenvalue weighted by molar-refractivity contribution is 0.0954. The van der Waals surface area contributed by atoms with Crippen molar-refractivity contribution >= 4 is 17.7 Å². The van der Waals surface area contributed by atoms with Crippen LogP contribution in [0.3, 0.4) is 0 Å². The van der Waals surface area contributed by atoms with Gasteiger partial charge in [0.25, 0.3) is 11.5 Å². The molecule has 0 spiro atoms. The molecular weight excluding hydrogens is 226 g/mol. The molecule has 1 aliphatic rings. The van der Waals surface area contributed by atoms with E-state index in [2.05, 4.69) is 5.32 Å². The zero-order chi connectivity index (χ0) is 11.5. The Kier molecular flexibility index (Phi) is 3.31. The normalized spacial score (nSPS) is 13.6. The first-order valence-electron chi connectivity index (χ1n) is 5.08. The minimum absolute atomic E-state index is 0.111. The number of nitrogens with zero attached hydrogens (tertiary/aromatic N) is 1. The van der Waals surface area contributed by atoms with E-state index in [1.165, 1.54) is 6.07 Å². The highest BCUT2D eigenvalue weighted by Gasteiger charge is 2.16. The van der Waals surface area contributed by atoms with Crippen molar-refractivity contribution in [2.75, 3.05) is 18.8 Å². The lowest BCUT2D eigenvalue weighted by Crippen LogP contribution is -2.30. The molecular formula is C10H13N3O2S. The van der Waals surface area contributed by atoms with Gasteiger partial charge in [0, 0.05) is 37.0 Å². The van der Waals surface area contributed by atoms with E-state index >= 15 is 0 Å². The Morgan fingerprint density at radius 3 is 3.12 bits per heavy atom. The largest absolute Gasteiger partial charge is 0.351 e. The van der Waals surface area contributed by atoms with Gasteiger partial charge in [-0.1, -0.05) is 0 Å². The molecule has 1 aliphatic heterocycles. The zero-order valence-electron chi connectivity index (χ0n) is 8.73. The number of pyridine rings is 1. The van der Waals surface area contributed by atoms with Crippen LogP contribution in [-0.4, -0.2) is 29.3 Å². The molecule has 0 aromatic carbocycles. The number of nitrogens with one attached hydrogen (secondary N) is 1. The third-order valence-corrected chi connectivity index (χ3v) is 3.37. The van der Waals surface area contributed by atoms with E-state index in [-0.39, 0.29) is 11.5 Å². The second-order valence-electron chi connectivity index (χ2n) is 3.47. The van der Waals surface area contributed by atoms with Crippen molar-refractivity contribution in [3.8, 4) is 0 Å². The smallest absolute Gasteiger partial charge is 0.252 e. The monoisotopic (exact) mass is 239 g/mol. The topological polar surface area (TPSA) is 77.1 Å². The molecule has 1 aromatic heterocycles. The number of aromatic nitrogens is 1. The molecule has 5 nitrogen and oxygen atoms in total. The molecule has 2 rings (SSSR count). The maximum absolute atomic E-state index is 11.7. The zero-order valence-corrected chi connectivity index (χ0v) is 9.55. The first kappa shape index (κ1) is 11.2. The minimum Gasteiger partial charge on any atom is -0.351 e. The lowest BCUT2D eigenvalue weighted by Gasteiger charge is -2.06. The number of carbonyl (C=O) groups excluding carboxylic acids is 1. The van der Waals surface area contributed by atoms with Gasteiger partial charge in [0.15, 0.2) is 0 Å². The summed E-state index contributed by atoms with van der Waals surface area (Å²) in [4.78, 5) is 23.3. The van der Waals surface area contributed by atoms with Crippen LogP contribution in [0.5, 0.6) is 0 Å². The molecule has 0 aliphatic carbocycles. The lowest BCUT2D eigenvalue weighted by atomic mass is 10.2. The molecule has 0 atom stereocenters. The Labute approximate surface area is 97.0 Å². The quantitative estimate of drug-likeness (QED) is 0.755. The molecule has 2 heterocycles. The van der Waals surface area contributed by atoms with Crippen LogP contribution in [0.4, 0.5) is 0 Å². The van der Waals surface area contributed by atoms with Gasteiger partial charge < -0.3 is 15.6 Å². The third kappa shape index (κ3) is 2.12. The standard InChI is InChI=1S/C10H13N3O2S/c11-1-2-12-10(15)7-5-8(14)13-3-4-16-9(13)6-7/h5-6H,1-4,11H2,(H,12,15). The molecule has 0 fully saturated rings. The maximum Gasteiger partial charge on any atom is 0.252 e. The van der Waals surface area contributed by atoms with E-state index in [0.29, 0.717) is 18.7 Å². The van der Waals surface area contributed by atoms with Gasteiger partial charge in [-0.05, 0) is 6.07 Å². The van der Waals surface area contributed by atoms with Crippen LogP contribution in [0.2, 0.25) is 0 Å². The van der Waals surface area contributed by atoms with E-state index in [9.17, 15) is 9.59 Å². The number of thioether (sulfide) groups is 1. The van der Waals surface area contributed by atoms with Crippen LogP contribution in [0, 0.1) is 0 Å². The van der Waals surface area contributed by atoms with E-state index < -0.39 is 0 Å². The summed E-state index contributed by atoms with van der Waals surface area (Å²) in [5, 5.41) is 3.51. The molecule has 6 heteroatoms. The summed E-state index contributed by atoms with van der Waals surface area (Å²) in [6.45, 7) is 1.54. The Balaban J connectivity index is 2.26. The average molecular weight is 239 g/mol. The van der Waals surface area contributed by atoms with Crippen LogP contribution in [0.1, 0.15) is 10.4 Å². The number of carbonyl (C=O) groups is 1. The maximum atomic E-state index is 11.7. The fraction of sp³-hybridized carbons (Fsp3) is 0.400. The highest BCUT2D eigenvalue weighted by molar-refractivity contribution is 7.99. The van der Waals surface area contributed by atoms with Gasteiger partial charge in [0.1, 0.15) is 0 Å². The summed E-state index contributed by atoms with van der Waals surface area (Å²) < 4.78 is 1.68. The average Bonchev–Trinajstić information content (AvgIpc) is 2.74. The van der Waals surface area contributed by atoms with Crippen molar-refractivity contribution in [2.45, 2.75) is 11.6 Å². The van der Waals surface area contributed by atoms with Gasteiger partial charge in [-0.25, -0.2) is 0 Å². The molecule has 0 radical (unpaired) electrons. The van der Waals surface area contributed by atoms with E-state index in [0.717, 1.165) is 17.3 Å². The number of nitrogens with two attached hydrogens (primary N) is 1. The van der Waals surface area contributed by atoms with Crippen molar-refractivity contribution in [2.24, 2.45) is 5.73 Å². The second-order valence-corrected chi connectivity index (χ2v) is 4.58. The Morgan fingerprint density at radius 1 is 1.56 bits per heavy atom. The fourth-order valence-corrected chi connectivity index (χ4v) is 2.60. The van der Waals surface area contributed by atoms with Crippen molar-refractivity contribution < 1.29 is 4.79 Å². The minimum atomic E-state index is -0.238. The van der Waals surface area contributed by atoms with Gasteiger partial charge in [0.2, 0.25) is 0 Å². The number of amides is 1. The summed E-state index contributed by atoms with van der Waals surface area (Å²) in [7, 11) is 0. The summed E-state index contributed by atoms with van der Waals surface area (Å²) in [5.74, 6) is 0.654. The number of hydrogen-bond acceptors (Lipinski definition) is 4. The van der Waals surface area contributed by atoms with Crippen LogP contribution < -0.4 is 16.6 Å². The van der Waals surface area contributed by atoms with E-state index in [4.69, 9.17) is 5.73 Å². The van der Waals surface area contributed by atoms with Gasteiger partial charge in [-0.3, -0.25) is 9.59 Å². The van der Waals surface area contributed by atoms with Crippen LogP contribution in [-0.2, 0) is 6.54 Å². The highest BCUT2D eigenvalue weighted by Crippen LogP contribution is 2.23. The molecule has 0 saturated heterocycles. The highest BCUT2D eigenvalue weighted by atomic mass is 32.2. The van der Waals surface area contributed by atoms with E-state index in [1.807, 2.05) is 0 Å². The summed E-state index contributed by atoms with van der Waals surface area (Å²) in [5.41, 5.74) is 5.60. The van der Waals surface area contributed by atoms with Gasteiger partial charge >= 0.3 is 0 Å². The Bertz CT molecular complexity index is 470. The Hall–Kier alpha value is -1.27. The molecule has 16 heavy (non-hydrogen) atoms. The number of hydrogen-bond donors (Lipinski definition) is 2. The van der Waals surface area contributed by atoms with E-state index in [1.54, 1.807) is 22.4 Å². The van der Waals surface area contributed by atoms with Gasteiger partial charge in [0.05, 0.1) is 5.03 Å². The molecule has 1 amide bonds. The number of fused-ring (bicyclic) bond motifs is 1. The first-order valence-corrected chi connectivity index (χ1v) is 6.07. The summed E-state index contributed by atoms with van der Waals surface area (Å²) >= 11 is 1.60. The van der Waals surface area contributed by atoms with Crippen molar-refractivity contribution in [3.63, 3.8) is 0 Å². The van der Waals surface area contributed by atoms with Crippen molar-refractivity contribution in [1.82, 2.24) is 9.88 Å². The molecule has 1 aromatic rings. The molecule has 3 N–H and O–H groups in total. The summed E-state index contributed by atoms with van der Waals surface area (Å²) in [6.07, 6.45) is 0. The summed E-state index contributed by atoms with van der Waals surface area (Å²) in [6, 6.07) is 3.13. The molecule has 86 valence electrons. The second kappa shape index (κ2) is 4.71. The predicted octanol–water partition coefficient (Wildman–Crippen LogP) is -0.357.